The van der Waals surface area contributed by atoms with Crippen LogP contribution in [0.3, 0.4) is 0 Å². The van der Waals surface area contributed by atoms with Crippen LogP contribution in [0.25, 0.3) is 11.3 Å². The number of benzene rings is 1. The first-order chi connectivity index (χ1) is 11.2. The maximum atomic E-state index is 6.35. The number of hydrogen-bond acceptors (Lipinski definition) is 4. The Morgan fingerprint density at radius 2 is 2.09 bits per heavy atom. The van der Waals surface area contributed by atoms with Crippen molar-refractivity contribution >= 4 is 52.1 Å². The topological polar surface area (TPSA) is 29.6 Å². The van der Waals surface area contributed by atoms with Gasteiger partial charge in [-0.05, 0) is 41.9 Å². The maximum absolute atomic E-state index is 6.35. The molecule has 2 aromatic heterocycles. The second kappa shape index (κ2) is 7.45. The molecule has 1 aromatic carbocycles. The standard InChI is InChI=1S/C16H13Cl2N3S2/c1-2-19-16-21(20-8-11-5-6-22-9-11)15(10-23-16)13-4-3-12(17)7-14(13)18/h3-10H,2H2,1H3. The van der Waals surface area contributed by atoms with Crippen LogP contribution in [0, 0.1) is 0 Å². The molecule has 0 radical (unpaired) electrons. The highest BCUT2D eigenvalue weighted by Gasteiger charge is 2.11. The van der Waals surface area contributed by atoms with Gasteiger partial charge in [-0.1, -0.05) is 23.2 Å². The van der Waals surface area contributed by atoms with E-state index in [0.717, 1.165) is 21.6 Å². The van der Waals surface area contributed by atoms with Crippen molar-refractivity contribution in [3.63, 3.8) is 0 Å². The molecule has 0 N–H and O–H groups in total. The van der Waals surface area contributed by atoms with Gasteiger partial charge in [0, 0.05) is 28.1 Å². The normalized spacial score (nSPS) is 12.4. The van der Waals surface area contributed by atoms with Gasteiger partial charge in [-0.3, -0.25) is 4.99 Å². The highest BCUT2D eigenvalue weighted by molar-refractivity contribution is 7.08. The third-order valence-electron chi connectivity index (χ3n) is 3.05. The summed E-state index contributed by atoms with van der Waals surface area (Å²) >= 11 is 15.5. The van der Waals surface area contributed by atoms with E-state index in [2.05, 4.69) is 10.1 Å². The second-order valence-electron chi connectivity index (χ2n) is 4.62. The van der Waals surface area contributed by atoms with Crippen LogP contribution >= 0.6 is 45.9 Å². The minimum Gasteiger partial charge on any atom is -0.258 e. The van der Waals surface area contributed by atoms with Crippen molar-refractivity contribution in [1.82, 2.24) is 4.68 Å². The van der Waals surface area contributed by atoms with Crippen molar-refractivity contribution in [2.75, 3.05) is 6.54 Å². The Morgan fingerprint density at radius 1 is 1.22 bits per heavy atom. The smallest absolute Gasteiger partial charge is 0.206 e. The van der Waals surface area contributed by atoms with Crippen molar-refractivity contribution in [1.29, 1.82) is 0 Å². The zero-order valence-electron chi connectivity index (χ0n) is 12.2. The molecule has 0 saturated heterocycles. The van der Waals surface area contributed by atoms with E-state index >= 15 is 0 Å². The molecular formula is C16H13Cl2N3S2. The molecule has 0 amide bonds. The van der Waals surface area contributed by atoms with Crippen LogP contribution in [0.1, 0.15) is 12.5 Å². The minimum absolute atomic E-state index is 0.595. The molecule has 23 heavy (non-hydrogen) atoms. The van der Waals surface area contributed by atoms with Gasteiger partial charge in [-0.15, -0.1) is 11.3 Å². The molecule has 7 heteroatoms. The van der Waals surface area contributed by atoms with Crippen LogP contribution < -0.4 is 4.80 Å². The first-order valence-electron chi connectivity index (χ1n) is 6.92. The van der Waals surface area contributed by atoms with Crippen LogP contribution in [-0.2, 0) is 0 Å². The quantitative estimate of drug-likeness (QED) is 0.542. The Balaban J connectivity index is 2.12. The fourth-order valence-electron chi connectivity index (χ4n) is 2.01. The third-order valence-corrected chi connectivity index (χ3v) is 5.15. The second-order valence-corrected chi connectivity index (χ2v) is 7.08. The molecule has 3 nitrogen and oxygen atoms in total. The van der Waals surface area contributed by atoms with Crippen LogP contribution in [0.5, 0.6) is 0 Å². The highest BCUT2D eigenvalue weighted by atomic mass is 35.5. The number of halogens is 2. The van der Waals surface area contributed by atoms with Crippen molar-refractivity contribution in [2.45, 2.75) is 6.92 Å². The lowest BCUT2D eigenvalue weighted by Crippen LogP contribution is -2.12. The SMILES string of the molecule is CCN=c1scc(-c2ccc(Cl)cc2Cl)n1N=Cc1ccsc1. The van der Waals surface area contributed by atoms with Gasteiger partial charge in [-0.2, -0.15) is 16.4 Å². The molecule has 2 heterocycles. The van der Waals surface area contributed by atoms with E-state index < -0.39 is 0 Å². The van der Waals surface area contributed by atoms with E-state index in [0.29, 0.717) is 16.6 Å². The first-order valence-corrected chi connectivity index (χ1v) is 9.50. The summed E-state index contributed by atoms with van der Waals surface area (Å²) in [7, 11) is 0. The van der Waals surface area contributed by atoms with Gasteiger partial charge in [-0.25, -0.2) is 4.68 Å². The molecule has 3 aromatic rings. The fourth-order valence-corrected chi connectivity index (χ4v) is 4.02. The molecule has 0 spiro atoms. The van der Waals surface area contributed by atoms with E-state index in [1.165, 1.54) is 11.3 Å². The molecule has 0 fully saturated rings. The van der Waals surface area contributed by atoms with Crippen LogP contribution in [0.4, 0.5) is 0 Å². The average molecular weight is 382 g/mol. The van der Waals surface area contributed by atoms with Gasteiger partial charge in [0.15, 0.2) is 0 Å². The highest BCUT2D eigenvalue weighted by Crippen LogP contribution is 2.30. The molecule has 0 unspecified atom stereocenters. The zero-order valence-corrected chi connectivity index (χ0v) is 15.4. The average Bonchev–Trinajstić information content (AvgIpc) is 3.16. The van der Waals surface area contributed by atoms with Gasteiger partial charge in [0.2, 0.25) is 4.80 Å². The summed E-state index contributed by atoms with van der Waals surface area (Å²) in [4.78, 5) is 5.33. The Hall–Kier alpha value is -1.40. The predicted molar refractivity (Wildman–Crippen MR) is 101 cm³/mol. The number of thiophene rings is 1. The number of aromatic nitrogens is 1. The van der Waals surface area contributed by atoms with E-state index in [4.69, 9.17) is 23.2 Å². The van der Waals surface area contributed by atoms with E-state index in [9.17, 15) is 0 Å². The number of rotatable bonds is 4. The van der Waals surface area contributed by atoms with Gasteiger partial charge >= 0.3 is 0 Å². The van der Waals surface area contributed by atoms with Gasteiger partial charge in [0.25, 0.3) is 0 Å². The Kier molecular flexibility index (Phi) is 5.33. The summed E-state index contributed by atoms with van der Waals surface area (Å²) < 4.78 is 1.82. The summed E-state index contributed by atoms with van der Waals surface area (Å²) in [5, 5.41) is 11.9. The predicted octanol–water partition coefficient (Wildman–Crippen LogP) is 5.39. The van der Waals surface area contributed by atoms with E-state index in [1.807, 2.05) is 52.2 Å². The summed E-state index contributed by atoms with van der Waals surface area (Å²) in [6.07, 6.45) is 1.82. The van der Waals surface area contributed by atoms with Crippen molar-refractivity contribution in [2.24, 2.45) is 10.1 Å². The largest absolute Gasteiger partial charge is 0.258 e. The van der Waals surface area contributed by atoms with Crippen LogP contribution in [0.2, 0.25) is 10.0 Å². The Labute approximate surface area is 152 Å². The summed E-state index contributed by atoms with van der Waals surface area (Å²) in [6, 6.07) is 7.48. The molecule has 3 rings (SSSR count). The molecule has 0 aliphatic rings. The van der Waals surface area contributed by atoms with E-state index in [-0.39, 0.29) is 0 Å². The van der Waals surface area contributed by atoms with Gasteiger partial charge in [0.1, 0.15) is 0 Å². The maximum Gasteiger partial charge on any atom is 0.206 e. The van der Waals surface area contributed by atoms with Crippen molar-refractivity contribution in [3.8, 4) is 11.3 Å². The van der Waals surface area contributed by atoms with Gasteiger partial charge < -0.3 is 0 Å². The van der Waals surface area contributed by atoms with Crippen LogP contribution in [0.15, 0.2) is 50.5 Å². The van der Waals surface area contributed by atoms with Crippen molar-refractivity contribution < 1.29 is 0 Å². The molecule has 0 atom stereocenters. The lowest BCUT2D eigenvalue weighted by molar-refractivity contribution is 0.833. The lowest BCUT2D eigenvalue weighted by Gasteiger charge is -2.06. The summed E-state index contributed by atoms with van der Waals surface area (Å²) in [6.45, 7) is 2.70. The van der Waals surface area contributed by atoms with Gasteiger partial charge in [0.05, 0.1) is 16.9 Å². The monoisotopic (exact) mass is 381 g/mol. The fraction of sp³-hybridized carbons (Fsp3) is 0.125. The van der Waals surface area contributed by atoms with E-state index in [1.54, 1.807) is 17.4 Å². The molecule has 0 aliphatic carbocycles. The Morgan fingerprint density at radius 3 is 2.78 bits per heavy atom. The molecule has 118 valence electrons. The Bertz CT molecular complexity index is 892. The third kappa shape index (κ3) is 3.75. The molecule has 0 saturated carbocycles. The summed E-state index contributed by atoms with van der Waals surface area (Å²) in [5.41, 5.74) is 2.84. The number of hydrogen-bond donors (Lipinski definition) is 0. The lowest BCUT2D eigenvalue weighted by atomic mass is 10.2. The molecule has 0 aliphatic heterocycles. The number of thiazole rings is 1. The zero-order chi connectivity index (χ0) is 16.2. The van der Waals surface area contributed by atoms with Crippen molar-refractivity contribution in [3.05, 3.63) is 60.8 Å². The van der Waals surface area contributed by atoms with Crippen LogP contribution in [-0.4, -0.2) is 17.4 Å². The minimum atomic E-state index is 0.595. The molecular weight excluding hydrogens is 369 g/mol. The number of nitrogens with zero attached hydrogens (tertiary/aromatic N) is 3. The first kappa shape index (κ1) is 16.5. The molecule has 0 bridgehead atoms. The summed E-state index contributed by atoms with van der Waals surface area (Å²) in [5.74, 6) is 0.